The van der Waals surface area contributed by atoms with Crippen LogP contribution in [0.15, 0.2) is 35.3 Å². The van der Waals surface area contributed by atoms with Crippen LogP contribution in [0.25, 0.3) is 5.69 Å². The van der Waals surface area contributed by atoms with E-state index in [1.54, 1.807) is 37.4 Å². The van der Waals surface area contributed by atoms with Crippen molar-refractivity contribution in [2.24, 2.45) is 0 Å². The van der Waals surface area contributed by atoms with Gasteiger partial charge in [0.1, 0.15) is 5.56 Å². The maximum absolute atomic E-state index is 13.1. The van der Waals surface area contributed by atoms with Crippen LogP contribution in [0.4, 0.5) is 0 Å². The zero-order chi connectivity index (χ0) is 19.7. The molecule has 148 valence electrons. The SMILES string of the molecule is CCN1CCCC1CNC(=O)c1c(C)ccn(-c2ccc3c(c2)OCO3)c1=O. The smallest absolute Gasteiger partial charge is 0.268 e. The Kier molecular flexibility index (Phi) is 5.09. The fraction of sp³-hybridized carbons (Fsp3) is 0.429. The van der Waals surface area contributed by atoms with Crippen LogP contribution in [0.2, 0.25) is 0 Å². The van der Waals surface area contributed by atoms with Crippen LogP contribution in [-0.4, -0.2) is 47.8 Å². The van der Waals surface area contributed by atoms with Crippen LogP contribution in [0.3, 0.4) is 0 Å². The molecule has 2 aliphatic heterocycles. The summed E-state index contributed by atoms with van der Waals surface area (Å²) in [4.78, 5) is 28.3. The molecule has 7 nitrogen and oxygen atoms in total. The summed E-state index contributed by atoms with van der Waals surface area (Å²) in [5.74, 6) is 0.927. The number of ether oxygens (including phenoxy) is 2. The lowest BCUT2D eigenvalue weighted by Gasteiger charge is -2.23. The summed E-state index contributed by atoms with van der Waals surface area (Å²) < 4.78 is 12.2. The van der Waals surface area contributed by atoms with Gasteiger partial charge < -0.3 is 14.8 Å². The molecule has 0 radical (unpaired) electrons. The Morgan fingerprint density at radius 1 is 1.25 bits per heavy atom. The van der Waals surface area contributed by atoms with Gasteiger partial charge in [-0.3, -0.25) is 19.1 Å². The summed E-state index contributed by atoms with van der Waals surface area (Å²) in [6, 6.07) is 7.42. The molecule has 1 saturated heterocycles. The van der Waals surface area contributed by atoms with E-state index in [2.05, 4.69) is 17.1 Å². The van der Waals surface area contributed by atoms with E-state index in [4.69, 9.17) is 9.47 Å². The maximum atomic E-state index is 13.1. The number of aryl methyl sites for hydroxylation is 1. The number of aromatic nitrogens is 1. The zero-order valence-electron chi connectivity index (χ0n) is 16.2. The minimum Gasteiger partial charge on any atom is -0.454 e. The molecule has 0 bridgehead atoms. The number of nitrogens with one attached hydrogen (secondary N) is 1. The minimum absolute atomic E-state index is 0.172. The Hall–Kier alpha value is -2.80. The summed E-state index contributed by atoms with van der Waals surface area (Å²) in [5, 5.41) is 2.97. The quantitative estimate of drug-likeness (QED) is 0.856. The first kappa shape index (κ1) is 18.6. The first-order chi connectivity index (χ1) is 13.6. The van der Waals surface area contributed by atoms with Gasteiger partial charge in [-0.05, 0) is 56.6 Å². The molecule has 1 atom stereocenters. The normalized spacial score (nSPS) is 18.4. The summed E-state index contributed by atoms with van der Waals surface area (Å²) in [6.45, 7) is 6.69. The predicted molar refractivity (Wildman–Crippen MR) is 106 cm³/mol. The van der Waals surface area contributed by atoms with Crippen molar-refractivity contribution in [3.05, 3.63) is 51.9 Å². The van der Waals surface area contributed by atoms with E-state index < -0.39 is 0 Å². The highest BCUT2D eigenvalue weighted by atomic mass is 16.7. The lowest BCUT2D eigenvalue weighted by atomic mass is 10.1. The van der Waals surface area contributed by atoms with Crippen molar-refractivity contribution in [3.63, 3.8) is 0 Å². The summed E-state index contributed by atoms with van der Waals surface area (Å²) in [6.07, 6.45) is 3.90. The van der Waals surface area contributed by atoms with Gasteiger partial charge in [0.05, 0.1) is 5.69 Å². The van der Waals surface area contributed by atoms with E-state index in [-0.39, 0.29) is 23.8 Å². The lowest BCUT2D eigenvalue weighted by molar-refractivity contribution is 0.0939. The number of likely N-dealkylation sites (tertiary alicyclic amines) is 1. The van der Waals surface area contributed by atoms with Crippen molar-refractivity contribution in [1.82, 2.24) is 14.8 Å². The highest BCUT2D eigenvalue weighted by molar-refractivity contribution is 5.95. The third-order valence-corrected chi connectivity index (χ3v) is 5.57. The summed E-state index contributed by atoms with van der Waals surface area (Å²) >= 11 is 0. The van der Waals surface area contributed by atoms with Gasteiger partial charge in [0.15, 0.2) is 11.5 Å². The van der Waals surface area contributed by atoms with E-state index in [1.807, 2.05) is 0 Å². The van der Waals surface area contributed by atoms with Gasteiger partial charge in [-0.15, -0.1) is 0 Å². The Balaban J connectivity index is 1.58. The minimum atomic E-state index is -0.338. The third kappa shape index (κ3) is 3.38. The molecule has 2 aromatic rings. The number of nitrogens with zero attached hydrogens (tertiary/aromatic N) is 2. The lowest BCUT2D eigenvalue weighted by Crippen LogP contribution is -2.42. The molecule has 1 N–H and O–H groups in total. The second kappa shape index (κ2) is 7.67. The van der Waals surface area contributed by atoms with Crippen molar-refractivity contribution >= 4 is 5.91 Å². The number of fused-ring (bicyclic) bond motifs is 1. The fourth-order valence-corrected chi connectivity index (χ4v) is 3.98. The molecular weight excluding hydrogens is 358 g/mol. The molecule has 28 heavy (non-hydrogen) atoms. The van der Waals surface area contributed by atoms with Crippen molar-refractivity contribution in [1.29, 1.82) is 0 Å². The Bertz CT molecular complexity index is 953. The molecule has 7 heteroatoms. The van der Waals surface area contributed by atoms with Crippen LogP contribution in [0.1, 0.15) is 35.7 Å². The number of benzene rings is 1. The number of carbonyl (C=O) groups is 1. The number of hydrogen-bond acceptors (Lipinski definition) is 5. The van der Waals surface area contributed by atoms with Crippen molar-refractivity contribution < 1.29 is 14.3 Å². The Morgan fingerprint density at radius 2 is 2.07 bits per heavy atom. The number of amides is 1. The zero-order valence-corrected chi connectivity index (χ0v) is 16.2. The van der Waals surface area contributed by atoms with Crippen LogP contribution in [0.5, 0.6) is 11.5 Å². The van der Waals surface area contributed by atoms with E-state index in [0.29, 0.717) is 35.3 Å². The topological polar surface area (TPSA) is 72.8 Å². The van der Waals surface area contributed by atoms with Crippen LogP contribution < -0.4 is 20.3 Å². The van der Waals surface area contributed by atoms with E-state index in [1.165, 1.54) is 4.57 Å². The number of likely N-dealkylation sites (N-methyl/N-ethyl adjacent to an activating group) is 1. The standard InChI is InChI=1S/C21H25N3O4/c1-3-23-9-4-5-16(23)12-22-20(25)19-14(2)8-10-24(21(19)26)15-6-7-17-18(11-15)28-13-27-17/h6-8,10-11,16H,3-5,9,12-13H2,1-2H3,(H,22,25). The van der Waals surface area contributed by atoms with Gasteiger partial charge in [-0.1, -0.05) is 6.92 Å². The molecular formula is C21H25N3O4. The molecule has 1 aromatic heterocycles. The van der Waals surface area contributed by atoms with Crippen molar-refractivity contribution in [2.45, 2.75) is 32.7 Å². The van der Waals surface area contributed by atoms with Gasteiger partial charge in [-0.2, -0.15) is 0 Å². The largest absolute Gasteiger partial charge is 0.454 e. The molecule has 4 rings (SSSR count). The number of rotatable bonds is 5. The number of carbonyl (C=O) groups excluding carboxylic acids is 1. The first-order valence-electron chi connectivity index (χ1n) is 9.73. The van der Waals surface area contributed by atoms with E-state index >= 15 is 0 Å². The van der Waals surface area contributed by atoms with E-state index in [0.717, 1.165) is 25.9 Å². The second-order valence-corrected chi connectivity index (χ2v) is 7.22. The van der Waals surface area contributed by atoms with Crippen molar-refractivity contribution in [3.8, 4) is 17.2 Å². The second-order valence-electron chi connectivity index (χ2n) is 7.22. The molecule has 2 aliphatic rings. The highest BCUT2D eigenvalue weighted by Crippen LogP contribution is 2.33. The monoisotopic (exact) mass is 383 g/mol. The Labute approximate surface area is 163 Å². The Morgan fingerprint density at radius 3 is 2.89 bits per heavy atom. The third-order valence-electron chi connectivity index (χ3n) is 5.57. The van der Waals surface area contributed by atoms with Gasteiger partial charge in [-0.25, -0.2) is 0 Å². The van der Waals surface area contributed by atoms with Crippen molar-refractivity contribution in [2.75, 3.05) is 26.4 Å². The average molecular weight is 383 g/mol. The van der Waals surface area contributed by atoms with Crippen LogP contribution >= 0.6 is 0 Å². The van der Waals surface area contributed by atoms with Crippen LogP contribution in [0, 0.1) is 6.92 Å². The fourth-order valence-electron chi connectivity index (χ4n) is 3.98. The van der Waals surface area contributed by atoms with Gasteiger partial charge in [0.2, 0.25) is 6.79 Å². The average Bonchev–Trinajstić information content (AvgIpc) is 3.34. The first-order valence-corrected chi connectivity index (χ1v) is 9.73. The van der Waals surface area contributed by atoms with Gasteiger partial charge >= 0.3 is 0 Å². The van der Waals surface area contributed by atoms with E-state index in [9.17, 15) is 9.59 Å². The molecule has 1 fully saturated rings. The molecule has 0 spiro atoms. The number of hydrogen-bond donors (Lipinski definition) is 1. The molecule has 3 heterocycles. The summed E-state index contributed by atoms with van der Waals surface area (Å²) in [7, 11) is 0. The number of pyridine rings is 1. The highest BCUT2D eigenvalue weighted by Gasteiger charge is 2.24. The molecule has 0 saturated carbocycles. The van der Waals surface area contributed by atoms with Crippen LogP contribution in [-0.2, 0) is 0 Å². The molecule has 1 unspecified atom stereocenters. The molecule has 1 amide bonds. The van der Waals surface area contributed by atoms with Gasteiger partial charge in [0, 0.05) is 24.8 Å². The molecule has 0 aliphatic carbocycles. The van der Waals surface area contributed by atoms with Gasteiger partial charge in [0.25, 0.3) is 11.5 Å². The molecule has 1 aromatic carbocycles. The predicted octanol–water partition coefficient (Wildman–Crippen LogP) is 2.09. The summed E-state index contributed by atoms with van der Waals surface area (Å²) in [5.41, 5.74) is 1.14. The maximum Gasteiger partial charge on any atom is 0.268 e.